The molecule has 0 radical (unpaired) electrons. The molecule has 3 atom stereocenters. The average Bonchev–Trinajstić information content (AvgIpc) is 2.55. The van der Waals surface area contributed by atoms with Gasteiger partial charge in [0, 0.05) is 25.2 Å². The molecule has 1 heterocycles. The molecule has 1 saturated heterocycles. The molecule has 3 rings (SSSR count). The van der Waals surface area contributed by atoms with Crippen LogP contribution in [-0.4, -0.2) is 49.6 Å². The lowest BCUT2D eigenvalue weighted by atomic mass is 9.67. The van der Waals surface area contributed by atoms with Crippen LogP contribution >= 0.6 is 0 Å². The van der Waals surface area contributed by atoms with E-state index in [2.05, 4.69) is 5.32 Å². The van der Waals surface area contributed by atoms with Crippen molar-refractivity contribution < 1.29 is 13.2 Å². The zero-order chi connectivity index (χ0) is 17.3. The highest BCUT2D eigenvalue weighted by molar-refractivity contribution is 7.89. The van der Waals surface area contributed by atoms with Gasteiger partial charge in [-0.05, 0) is 57.3 Å². The number of nitrogens with two attached hydrogens (primary N) is 1. The van der Waals surface area contributed by atoms with E-state index in [1.807, 2.05) is 0 Å². The molecular formula is C17H31N3O3S. The van der Waals surface area contributed by atoms with Crippen LogP contribution in [-0.2, 0) is 14.8 Å². The number of hydrogen-bond acceptors (Lipinski definition) is 4. The van der Waals surface area contributed by atoms with E-state index in [9.17, 15) is 13.2 Å². The molecule has 3 fully saturated rings. The summed E-state index contributed by atoms with van der Waals surface area (Å²) < 4.78 is 25.7. The van der Waals surface area contributed by atoms with Crippen LogP contribution in [0.1, 0.15) is 51.9 Å². The van der Waals surface area contributed by atoms with E-state index >= 15 is 0 Å². The predicted molar refractivity (Wildman–Crippen MR) is 93.7 cm³/mol. The molecule has 0 aromatic heterocycles. The molecule has 2 saturated carbocycles. The highest BCUT2D eigenvalue weighted by Crippen LogP contribution is 2.39. The van der Waals surface area contributed by atoms with Gasteiger partial charge in [0.2, 0.25) is 15.9 Å². The summed E-state index contributed by atoms with van der Waals surface area (Å²) in [6.07, 6.45) is 7.08. The Bertz CT molecular complexity index is 551. The van der Waals surface area contributed by atoms with Gasteiger partial charge in [-0.25, -0.2) is 12.7 Å². The Morgan fingerprint density at radius 2 is 1.83 bits per heavy atom. The molecule has 3 aliphatic rings. The van der Waals surface area contributed by atoms with Gasteiger partial charge < -0.3 is 11.1 Å². The number of piperidine rings is 1. The zero-order valence-electron chi connectivity index (χ0n) is 14.6. The second-order valence-electron chi connectivity index (χ2n) is 7.81. The van der Waals surface area contributed by atoms with Gasteiger partial charge in [0.15, 0.2) is 0 Å². The summed E-state index contributed by atoms with van der Waals surface area (Å²) in [4.78, 5) is 12.8. The van der Waals surface area contributed by atoms with E-state index < -0.39 is 10.0 Å². The van der Waals surface area contributed by atoms with Crippen molar-refractivity contribution in [2.75, 3.05) is 18.8 Å². The molecule has 138 valence electrons. The summed E-state index contributed by atoms with van der Waals surface area (Å²) in [7, 11) is -3.21. The maximum atomic E-state index is 12.8. The topological polar surface area (TPSA) is 92.5 Å². The molecule has 24 heavy (non-hydrogen) atoms. The lowest BCUT2D eigenvalue weighted by Gasteiger charge is -2.45. The van der Waals surface area contributed by atoms with Gasteiger partial charge in [0.1, 0.15) is 0 Å². The Hall–Kier alpha value is -0.660. The van der Waals surface area contributed by atoms with Gasteiger partial charge >= 0.3 is 0 Å². The first-order valence-corrected chi connectivity index (χ1v) is 11.1. The van der Waals surface area contributed by atoms with Crippen LogP contribution in [0.3, 0.4) is 0 Å². The molecule has 0 aromatic carbocycles. The van der Waals surface area contributed by atoms with E-state index in [1.165, 1.54) is 10.7 Å². The number of rotatable bonds is 4. The summed E-state index contributed by atoms with van der Waals surface area (Å²) in [6, 6.07) is 0.512. The third-order valence-electron chi connectivity index (χ3n) is 6.20. The fourth-order valence-electron chi connectivity index (χ4n) is 4.90. The number of carbonyl (C=O) groups excluding carboxylic acids is 1. The molecule has 0 aromatic rings. The summed E-state index contributed by atoms with van der Waals surface area (Å²) in [5.41, 5.74) is 6.16. The highest BCUT2D eigenvalue weighted by atomic mass is 32.2. The number of nitrogens with zero attached hydrogens (tertiary/aromatic N) is 1. The number of carbonyl (C=O) groups is 1. The third-order valence-corrected chi connectivity index (χ3v) is 8.05. The largest absolute Gasteiger partial charge is 0.353 e. The second-order valence-corrected chi connectivity index (χ2v) is 10.1. The van der Waals surface area contributed by atoms with E-state index in [4.69, 9.17) is 5.73 Å². The van der Waals surface area contributed by atoms with Crippen LogP contribution in [0.2, 0.25) is 0 Å². The van der Waals surface area contributed by atoms with Gasteiger partial charge in [0.05, 0.1) is 11.7 Å². The minimum atomic E-state index is -3.21. The SMILES string of the molecule is CCS(=O)(=O)N1CCCC(C(=O)NC2C3CCCC2CC(N)C3)C1. The van der Waals surface area contributed by atoms with E-state index in [-0.39, 0.29) is 29.7 Å². The molecule has 2 bridgehead atoms. The van der Waals surface area contributed by atoms with Crippen molar-refractivity contribution in [3.8, 4) is 0 Å². The Kier molecular flexibility index (Phi) is 5.52. The molecule has 7 heteroatoms. The molecule has 2 aliphatic carbocycles. The van der Waals surface area contributed by atoms with Crippen LogP contribution in [0, 0.1) is 17.8 Å². The normalized spacial score (nSPS) is 37.8. The minimum Gasteiger partial charge on any atom is -0.353 e. The first-order valence-electron chi connectivity index (χ1n) is 9.44. The fraction of sp³-hybridized carbons (Fsp3) is 0.941. The fourth-order valence-corrected chi connectivity index (χ4v) is 6.08. The van der Waals surface area contributed by atoms with Gasteiger partial charge in [-0.1, -0.05) is 6.42 Å². The van der Waals surface area contributed by atoms with Crippen LogP contribution in [0.25, 0.3) is 0 Å². The monoisotopic (exact) mass is 357 g/mol. The minimum absolute atomic E-state index is 0.0448. The van der Waals surface area contributed by atoms with Crippen molar-refractivity contribution >= 4 is 15.9 Å². The van der Waals surface area contributed by atoms with Crippen molar-refractivity contribution in [2.24, 2.45) is 23.5 Å². The smallest absolute Gasteiger partial charge is 0.224 e. The molecule has 6 nitrogen and oxygen atoms in total. The number of nitrogens with one attached hydrogen (secondary N) is 1. The summed E-state index contributed by atoms with van der Waals surface area (Å²) >= 11 is 0. The van der Waals surface area contributed by atoms with Crippen molar-refractivity contribution in [1.82, 2.24) is 9.62 Å². The second kappa shape index (κ2) is 7.30. The number of sulfonamides is 1. The van der Waals surface area contributed by atoms with Crippen LogP contribution in [0.15, 0.2) is 0 Å². The average molecular weight is 358 g/mol. The van der Waals surface area contributed by atoms with Crippen LogP contribution < -0.4 is 11.1 Å². The van der Waals surface area contributed by atoms with Gasteiger partial charge in [-0.2, -0.15) is 0 Å². The van der Waals surface area contributed by atoms with Gasteiger partial charge in [-0.15, -0.1) is 0 Å². The van der Waals surface area contributed by atoms with Crippen molar-refractivity contribution in [1.29, 1.82) is 0 Å². The highest BCUT2D eigenvalue weighted by Gasteiger charge is 2.41. The Morgan fingerprint density at radius 3 is 2.46 bits per heavy atom. The lowest BCUT2D eigenvalue weighted by Crippen LogP contribution is -2.56. The van der Waals surface area contributed by atoms with Crippen LogP contribution in [0.5, 0.6) is 0 Å². The van der Waals surface area contributed by atoms with Gasteiger partial charge in [-0.3, -0.25) is 4.79 Å². The number of fused-ring (bicyclic) bond motifs is 2. The summed E-state index contributed by atoms with van der Waals surface area (Å²) in [5.74, 6) is 0.928. The first-order chi connectivity index (χ1) is 11.4. The van der Waals surface area contributed by atoms with Gasteiger partial charge in [0.25, 0.3) is 0 Å². The summed E-state index contributed by atoms with van der Waals surface area (Å²) in [6.45, 7) is 2.54. The molecule has 3 N–H and O–H groups in total. The number of amides is 1. The Morgan fingerprint density at radius 1 is 1.17 bits per heavy atom. The molecule has 0 spiro atoms. The first kappa shape index (κ1) is 18.1. The molecule has 1 amide bonds. The Labute approximate surface area is 145 Å². The predicted octanol–water partition coefficient (Wildman–Crippen LogP) is 1.07. The van der Waals surface area contributed by atoms with E-state index in [0.717, 1.165) is 38.5 Å². The van der Waals surface area contributed by atoms with Crippen molar-refractivity contribution in [3.05, 3.63) is 0 Å². The lowest BCUT2D eigenvalue weighted by molar-refractivity contribution is -0.128. The van der Waals surface area contributed by atoms with E-state index in [1.54, 1.807) is 6.92 Å². The quantitative estimate of drug-likeness (QED) is 0.787. The van der Waals surface area contributed by atoms with Crippen LogP contribution in [0.4, 0.5) is 0 Å². The Balaban J connectivity index is 1.62. The zero-order valence-corrected chi connectivity index (χ0v) is 15.4. The number of hydrogen-bond donors (Lipinski definition) is 2. The van der Waals surface area contributed by atoms with Crippen molar-refractivity contribution in [2.45, 2.75) is 64.0 Å². The summed E-state index contributed by atoms with van der Waals surface area (Å²) in [5, 5.41) is 3.29. The molecular weight excluding hydrogens is 326 g/mol. The van der Waals surface area contributed by atoms with E-state index in [0.29, 0.717) is 24.9 Å². The molecule has 3 unspecified atom stereocenters. The molecule has 1 aliphatic heterocycles. The van der Waals surface area contributed by atoms with Crippen molar-refractivity contribution in [3.63, 3.8) is 0 Å². The maximum Gasteiger partial charge on any atom is 0.224 e. The maximum absolute atomic E-state index is 12.8. The standard InChI is InChI=1S/C17H31N3O3S/c1-2-24(22,23)20-8-4-7-14(11-20)17(21)19-16-12-5-3-6-13(16)10-15(18)9-12/h12-16H,2-11,18H2,1H3,(H,19,21). The third kappa shape index (κ3) is 3.78.